The first-order chi connectivity index (χ1) is 11.4. The summed E-state index contributed by atoms with van der Waals surface area (Å²) in [5.41, 5.74) is 3.94. The van der Waals surface area contributed by atoms with Crippen LogP contribution in [-0.2, 0) is 4.52 Å². The van der Waals surface area contributed by atoms with E-state index in [1.807, 2.05) is 64.1 Å². The summed E-state index contributed by atoms with van der Waals surface area (Å²) in [4.78, 5) is 12.8. The van der Waals surface area contributed by atoms with Gasteiger partial charge < -0.3 is 9.26 Å². The van der Waals surface area contributed by atoms with Gasteiger partial charge in [-0.3, -0.25) is 4.79 Å². The van der Waals surface area contributed by atoms with Gasteiger partial charge in [0.25, 0.3) is 0 Å². The molecule has 0 heterocycles. The van der Waals surface area contributed by atoms with Crippen molar-refractivity contribution in [3.05, 3.63) is 58.7 Å². The van der Waals surface area contributed by atoms with Gasteiger partial charge in [-0.05, 0) is 75.3 Å². The molecule has 0 fully saturated rings. The summed E-state index contributed by atoms with van der Waals surface area (Å²) in [5, 5.41) is 1.12. The Morgan fingerprint density at radius 2 is 1.64 bits per heavy atom. The fourth-order valence-corrected chi connectivity index (χ4v) is 3.40. The summed E-state index contributed by atoms with van der Waals surface area (Å²) in [6, 6.07) is 11.8. The van der Waals surface area contributed by atoms with Crippen LogP contribution < -0.4 is 10.0 Å². The van der Waals surface area contributed by atoms with Gasteiger partial charge in [0.1, 0.15) is 5.75 Å². The molecule has 0 N–H and O–H groups in total. The first kappa shape index (κ1) is 21.9. The molecule has 2 unspecified atom stereocenters. The molecule has 2 aromatic rings. The Bertz CT molecular complexity index is 690. The molecule has 0 aromatic heterocycles. The zero-order valence-electron chi connectivity index (χ0n) is 15.0. The van der Waals surface area contributed by atoms with Crippen molar-refractivity contribution in [2.45, 2.75) is 40.7 Å². The van der Waals surface area contributed by atoms with E-state index in [1.165, 1.54) is 5.56 Å². The number of Topliss-reactive ketones (excluding diaryl/α,β-unsaturated/α-hetero) is 1. The molecular formula is C20H26LiO3P. The molecule has 130 valence electrons. The number of ketones is 1. The van der Waals surface area contributed by atoms with Crippen LogP contribution >= 0.6 is 8.81 Å². The minimum atomic E-state index is -0.523. The van der Waals surface area contributed by atoms with Gasteiger partial charge in [-0.2, -0.15) is 0 Å². The predicted molar refractivity (Wildman–Crippen MR) is 108 cm³/mol. The Hall–Kier alpha value is -1.10. The molecule has 0 radical (unpaired) electrons. The van der Waals surface area contributed by atoms with E-state index in [9.17, 15) is 4.79 Å². The molecule has 0 aliphatic heterocycles. The summed E-state index contributed by atoms with van der Waals surface area (Å²) in [6.45, 7) is 10.5. The summed E-state index contributed by atoms with van der Waals surface area (Å²) >= 11 is 0. The number of rotatable bonds is 7. The summed E-state index contributed by atoms with van der Waals surface area (Å²) in [6.07, 6.45) is -0.523. The summed E-state index contributed by atoms with van der Waals surface area (Å²) in [7, 11) is 0.342. The van der Waals surface area contributed by atoms with Crippen molar-refractivity contribution in [3.8, 4) is 5.75 Å². The van der Waals surface area contributed by atoms with E-state index < -0.39 is 6.10 Å². The van der Waals surface area contributed by atoms with Crippen LogP contribution in [0.15, 0.2) is 36.4 Å². The number of aryl methyl sites for hydroxylation is 3. The van der Waals surface area contributed by atoms with Crippen LogP contribution in [0, 0.1) is 20.8 Å². The number of hydrogen-bond acceptors (Lipinski definition) is 3. The van der Waals surface area contributed by atoms with Crippen LogP contribution in [0.1, 0.15) is 40.9 Å². The van der Waals surface area contributed by atoms with Crippen LogP contribution in [-0.4, -0.2) is 37.4 Å². The van der Waals surface area contributed by atoms with Crippen molar-refractivity contribution in [1.82, 2.24) is 0 Å². The van der Waals surface area contributed by atoms with E-state index in [0.717, 1.165) is 22.0 Å². The fraction of sp³-hybridized carbons (Fsp3) is 0.350. The van der Waals surface area contributed by atoms with Crippen LogP contribution in [0.3, 0.4) is 0 Å². The average molecular weight is 352 g/mol. The molecule has 25 heavy (non-hydrogen) atoms. The zero-order chi connectivity index (χ0) is 17.7. The first-order valence-electron chi connectivity index (χ1n) is 8.19. The second kappa shape index (κ2) is 10.1. The average Bonchev–Trinajstić information content (AvgIpc) is 2.53. The molecule has 2 aromatic carbocycles. The Balaban J connectivity index is 0.00000312. The predicted octanol–water partition coefficient (Wildman–Crippen LogP) is 3.87. The van der Waals surface area contributed by atoms with E-state index in [-0.39, 0.29) is 24.6 Å². The van der Waals surface area contributed by atoms with Crippen molar-refractivity contribution in [2.24, 2.45) is 0 Å². The van der Waals surface area contributed by atoms with Gasteiger partial charge in [-0.15, -0.1) is 0 Å². The molecule has 0 bridgehead atoms. The summed E-state index contributed by atoms with van der Waals surface area (Å²) < 4.78 is 11.2. The van der Waals surface area contributed by atoms with Crippen molar-refractivity contribution >= 4 is 38.8 Å². The molecule has 0 spiro atoms. The van der Waals surface area contributed by atoms with Crippen molar-refractivity contribution in [3.63, 3.8) is 0 Å². The SMILES string of the molecule is CCOPc1ccc(OC(C)C(=O)c2c(C)cc(C)cc2C)cc1.[LiH]. The molecule has 0 saturated carbocycles. The van der Waals surface area contributed by atoms with Gasteiger partial charge in [0.15, 0.2) is 6.10 Å². The van der Waals surface area contributed by atoms with Crippen LogP contribution in [0.25, 0.3) is 0 Å². The number of benzene rings is 2. The third-order valence-electron chi connectivity index (χ3n) is 3.79. The molecule has 2 rings (SSSR count). The molecule has 5 heteroatoms. The molecular weight excluding hydrogens is 326 g/mol. The maximum atomic E-state index is 12.8. The monoisotopic (exact) mass is 352 g/mol. The van der Waals surface area contributed by atoms with E-state index in [1.54, 1.807) is 6.92 Å². The number of ether oxygens (including phenoxy) is 1. The van der Waals surface area contributed by atoms with E-state index >= 15 is 0 Å². The summed E-state index contributed by atoms with van der Waals surface area (Å²) in [5.74, 6) is 0.716. The van der Waals surface area contributed by atoms with Crippen molar-refractivity contribution in [2.75, 3.05) is 6.61 Å². The Labute approximate surface area is 164 Å². The zero-order valence-corrected chi connectivity index (χ0v) is 16.0. The first-order valence-corrected chi connectivity index (χ1v) is 9.09. The van der Waals surface area contributed by atoms with Crippen molar-refractivity contribution < 1.29 is 14.1 Å². The van der Waals surface area contributed by atoms with Gasteiger partial charge in [0.05, 0.1) is 0 Å². The standard InChI is InChI=1S/C20H25O3P.Li.H/c1-6-22-24-18-9-7-17(8-10-18)23-16(5)20(21)19-14(3)11-13(2)12-15(19)4;;/h7-12,16,24H,6H2,1-5H3;;. The molecule has 0 aliphatic carbocycles. The third-order valence-corrected chi connectivity index (χ3v) is 4.80. The van der Waals surface area contributed by atoms with Gasteiger partial charge in [0.2, 0.25) is 5.78 Å². The third kappa shape index (κ3) is 5.98. The van der Waals surface area contributed by atoms with Gasteiger partial charge in [-0.25, -0.2) is 0 Å². The molecule has 0 aliphatic rings. The Kier molecular flexibility index (Phi) is 8.90. The molecule has 3 nitrogen and oxygen atoms in total. The van der Waals surface area contributed by atoms with E-state index in [2.05, 4.69) is 0 Å². The van der Waals surface area contributed by atoms with E-state index in [0.29, 0.717) is 21.2 Å². The second-order valence-electron chi connectivity index (χ2n) is 5.96. The second-order valence-corrected chi connectivity index (χ2v) is 7.03. The maximum absolute atomic E-state index is 12.8. The minimum absolute atomic E-state index is 0. The van der Waals surface area contributed by atoms with Gasteiger partial charge in [-0.1, -0.05) is 17.7 Å². The molecule has 0 saturated heterocycles. The normalized spacial score (nSPS) is 12.0. The number of carbonyl (C=O) groups excluding carboxylic acids is 1. The number of carbonyl (C=O) groups is 1. The Morgan fingerprint density at radius 3 is 2.16 bits per heavy atom. The van der Waals surface area contributed by atoms with Gasteiger partial charge in [0, 0.05) is 21.0 Å². The molecule has 2 atom stereocenters. The molecule has 0 amide bonds. The van der Waals surface area contributed by atoms with Crippen LogP contribution in [0.2, 0.25) is 0 Å². The topological polar surface area (TPSA) is 35.5 Å². The number of hydrogen-bond donors (Lipinski definition) is 0. The quantitative estimate of drug-likeness (QED) is 0.431. The van der Waals surface area contributed by atoms with Crippen molar-refractivity contribution in [1.29, 1.82) is 0 Å². The van der Waals surface area contributed by atoms with Crippen LogP contribution in [0.4, 0.5) is 0 Å². The fourth-order valence-electron chi connectivity index (χ4n) is 2.79. The van der Waals surface area contributed by atoms with Gasteiger partial charge >= 0.3 is 18.9 Å². The van der Waals surface area contributed by atoms with Crippen LogP contribution in [0.5, 0.6) is 5.75 Å². The Morgan fingerprint density at radius 1 is 1.08 bits per heavy atom. The van der Waals surface area contributed by atoms with E-state index in [4.69, 9.17) is 9.26 Å².